The van der Waals surface area contributed by atoms with Crippen molar-refractivity contribution >= 4 is 30.8 Å². The largest absolute Gasteiger partial charge is 0.439 e. The van der Waals surface area contributed by atoms with Gasteiger partial charge in [-0.3, -0.25) is 13.9 Å². The van der Waals surface area contributed by atoms with Crippen molar-refractivity contribution < 1.29 is 9.16 Å². The van der Waals surface area contributed by atoms with Gasteiger partial charge in [-0.25, -0.2) is 9.78 Å². The molecule has 0 saturated heterocycles. The van der Waals surface area contributed by atoms with Crippen molar-refractivity contribution in [1.82, 2.24) is 14.1 Å². The second-order valence-electron chi connectivity index (χ2n) is 9.36. The predicted octanol–water partition coefficient (Wildman–Crippen LogP) is 4.95. The van der Waals surface area contributed by atoms with Crippen molar-refractivity contribution in [2.75, 3.05) is 6.61 Å². The molecule has 3 rings (SSSR count). The predicted molar refractivity (Wildman–Crippen MR) is 131 cm³/mol. The molecule has 0 radical (unpaired) electrons. The number of aromatic nitrogens is 3. The Morgan fingerprint density at radius 3 is 2.53 bits per heavy atom. The summed E-state index contributed by atoms with van der Waals surface area (Å²) in [6.45, 7) is 11.7. The van der Waals surface area contributed by atoms with E-state index in [1.807, 2.05) is 0 Å². The molecule has 0 saturated carbocycles. The lowest BCUT2D eigenvalue weighted by atomic mass is 10.2. The normalized spacial score (nSPS) is 12.3. The van der Waals surface area contributed by atoms with Gasteiger partial charge in [-0.2, -0.15) is 0 Å². The number of hydrogen-bond acceptors (Lipinski definition) is 5. The van der Waals surface area contributed by atoms with Crippen molar-refractivity contribution in [1.29, 1.82) is 0 Å². The van der Waals surface area contributed by atoms with Crippen molar-refractivity contribution in [3.8, 4) is 11.6 Å². The molecule has 172 valence electrons. The van der Waals surface area contributed by atoms with Crippen LogP contribution < -0.4 is 16.0 Å². The maximum Gasteiger partial charge on any atom is 0.331 e. The van der Waals surface area contributed by atoms with Crippen LogP contribution in [0.1, 0.15) is 27.2 Å². The monoisotopic (exact) mass is 475 g/mol. The number of pyridine rings is 1. The van der Waals surface area contributed by atoms with E-state index in [1.54, 1.807) is 37.4 Å². The number of aryl methyl sites for hydroxylation is 1. The van der Waals surface area contributed by atoms with Gasteiger partial charge in [0, 0.05) is 31.3 Å². The third-order valence-corrected chi connectivity index (χ3v) is 10.8. The molecule has 0 spiro atoms. The minimum absolute atomic E-state index is 0.106. The summed E-state index contributed by atoms with van der Waals surface area (Å²) in [5.74, 6) is 0.764. The number of halogens is 1. The van der Waals surface area contributed by atoms with Gasteiger partial charge in [0.25, 0.3) is 5.56 Å². The van der Waals surface area contributed by atoms with Gasteiger partial charge in [0.2, 0.25) is 5.88 Å². The van der Waals surface area contributed by atoms with E-state index < -0.39 is 8.32 Å². The average Bonchev–Trinajstić information content (AvgIpc) is 2.70. The average molecular weight is 476 g/mol. The lowest BCUT2D eigenvalue weighted by Gasteiger charge is -2.36. The summed E-state index contributed by atoms with van der Waals surface area (Å²) in [4.78, 5) is 30.2. The molecule has 0 unspecified atom stereocenters. The standard InChI is InChI=1S/C23H30ClN3O4Si/c1-23(2,3)32(5,6)30-12-8-11-27-21(28)18-14-20(25-15-19(18)26(4)22(27)29)31-17-10-7-9-16(24)13-17/h7,9-10,13-15H,8,11-12H2,1-6H3. The van der Waals surface area contributed by atoms with E-state index in [-0.39, 0.29) is 28.7 Å². The van der Waals surface area contributed by atoms with Crippen LogP contribution in [0.25, 0.3) is 10.9 Å². The number of benzene rings is 1. The Balaban J connectivity index is 1.85. The molecular weight excluding hydrogens is 446 g/mol. The summed E-state index contributed by atoms with van der Waals surface area (Å²) >= 11 is 6.00. The minimum atomic E-state index is -1.88. The quantitative estimate of drug-likeness (QED) is 0.357. The first kappa shape index (κ1) is 24.2. The molecule has 2 heterocycles. The van der Waals surface area contributed by atoms with Crippen molar-refractivity contribution in [3.63, 3.8) is 0 Å². The highest BCUT2D eigenvalue weighted by molar-refractivity contribution is 6.74. The van der Waals surface area contributed by atoms with Gasteiger partial charge in [-0.15, -0.1) is 0 Å². The van der Waals surface area contributed by atoms with E-state index in [0.717, 1.165) is 0 Å². The van der Waals surface area contributed by atoms with Crippen LogP contribution >= 0.6 is 11.6 Å². The Hall–Kier alpha value is -2.42. The lowest BCUT2D eigenvalue weighted by Crippen LogP contribution is -2.42. The minimum Gasteiger partial charge on any atom is -0.439 e. The van der Waals surface area contributed by atoms with Gasteiger partial charge < -0.3 is 9.16 Å². The molecule has 7 nitrogen and oxygen atoms in total. The molecular formula is C23H30ClN3O4Si. The highest BCUT2D eigenvalue weighted by Crippen LogP contribution is 2.36. The van der Waals surface area contributed by atoms with Crippen molar-refractivity contribution in [2.24, 2.45) is 7.05 Å². The summed E-state index contributed by atoms with van der Waals surface area (Å²) in [6, 6.07) is 8.47. The molecule has 3 aromatic rings. The van der Waals surface area contributed by atoms with E-state index in [0.29, 0.717) is 34.7 Å². The lowest BCUT2D eigenvalue weighted by molar-refractivity contribution is 0.273. The smallest absolute Gasteiger partial charge is 0.331 e. The van der Waals surface area contributed by atoms with Gasteiger partial charge in [-0.1, -0.05) is 38.4 Å². The molecule has 0 aliphatic carbocycles. The highest BCUT2D eigenvalue weighted by Gasteiger charge is 2.36. The van der Waals surface area contributed by atoms with E-state index in [9.17, 15) is 9.59 Å². The molecule has 2 aromatic heterocycles. The zero-order chi connectivity index (χ0) is 23.7. The van der Waals surface area contributed by atoms with Crippen LogP contribution in [0, 0.1) is 0 Å². The summed E-state index contributed by atoms with van der Waals surface area (Å²) in [5.41, 5.74) is -0.291. The third-order valence-electron chi connectivity index (χ3n) is 6.03. The molecule has 0 amide bonds. The number of nitrogens with zero attached hydrogens (tertiary/aromatic N) is 3. The maximum absolute atomic E-state index is 13.1. The van der Waals surface area contributed by atoms with Crippen LogP contribution in [0.2, 0.25) is 23.2 Å². The van der Waals surface area contributed by atoms with Crippen LogP contribution in [0.4, 0.5) is 0 Å². The first-order valence-corrected chi connectivity index (χ1v) is 13.9. The van der Waals surface area contributed by atoms with Crippen molar-refractivity contribution in [3.05, 3.63) is 62.4 Å². The van der Waals surface area contributed by atoms with Crippen LogP contribution in [-0.2, 0) is 18.0 Å². The number of ether oxygens (including phenoxy) is 1. The van der Waals surface area contributed by atoms with E-state index in [1.165, 1.54) is 15.3 Å². The Morgan fingerprint density at radius 2 is 1.88 bits per heavy atom. The first-order valence-electron chi connectivity index (χ1n) is 10.6. The molecule has 0 aliphatic rings. The van der Waals surface area contributed by atoms with Gasteiger partial charge >= 0.3 is 5.69 Å². The van der Waals surface area contributed by atoms with Crippen LogP contribution in [-0.4, -0.2) is 29.0 Å². The fourth-order valence-electron chi connectivity index (χ4n) is 3.05. The van der Waals surface area contributed by atoms with Crippen LogP contribution in [0.3, 0.4) is 0 Å². The molecule has 9 heteroatoms. The summed E-state index contributed by atoms with van der Waals surface area (Å²) in [6.07, 6.45) is 2.05. The van der Waals surface area contributed by atoms with Gasteiger partial charge in [0.15, 0.2) is 8.32 Å². The number of fused-ring (bicyclic) bond motifs is 1. The Labute approximate surface area is 193 Å². The Kier molecular flexibility index (Phi) is 6.97. The topological polar surface area (TPSA) is 75.3 Å². The van der Waals surface area contributed by atoms with Crippen LogP contribution in [0.15, 0.2) is 46.1 Å². The molecule has 1 aromatic carbocycles. The van der Waals surface area contributed by atoms with Gasteiger partial charge in [-0.05, 0) is 42.8 Å². The summed E-state index contributed by atoms with van der Waals surface area (Å²) in [7, 11) is -0.248. The maximum atomic E-state index is 13.1. The number of hydrogen-bond donors (Lipinski definition) is 0. The fraction of sp³-hybridized carbons (Fsp3) is 0.435. The second kappa shape index (κ2) is 9.21. The summed E-state index contributed by atoms with van der Waals surface area (Å²) < 4.78 is 14.6. The fourth-order valence-corrected chi connectivity index (χ4v) is 4.32. The van der Waals surface area contributed by atoms with Crippen LogP contribution in [0.5, 0.6) is 11.6 Å². The molecule has 0 N–H and O–H groups in total. The van der Waals surface area contributed by atoms with E-state index in [4.69, 9.17) is 20.8 Å². The summed E-state index contributed by atoms with van der Waals surface area (Å²) in [5, 5.41) is 1.01. The molecule has 0 bridgehead atoms. The van der Waals surface area contributed by atoms with Gasteiger partial charge in [0.1, 0.15) is 5.75 Å². The molecule has 0 aliphatic heterocycles. The van der Waals surface area contributed by atoms with E-state index >= 15 is 0 Å². The third kappa shape index (κ3) is 5.14. The van der Waals surface area contributed by atoms with Crippen molar-refractivity contribution in [2.45, 2.75) is 51.9 Å². The van der Waals surface area contributed by atoms with E-state index in [2.05, 4.69) is 38.8 Å². The molecule has 0 atom stereocenters. The highest BCUT2D eigenvalue weighted by atomic mass is 35.5. The Bertz CT molecular complexity index is 1240. The molecule has 32 heavy (non-hydrogen) atoms. The van der Waals surface area contributed by atoms with Gasteiger partial charge in [0.05, 0.1) is 17.1 Å². The first-order chi connectivity index (χ1) is 14.9. The second-order valence-corrected chi connectivity index (χ2v) is 14.6. The zero-order valence-corrected chi connectivity index (χ0v) is 21.2. The molecule has 0 fully saturated rings. The number of rotatable bonds is 7. The zero-order valence-electron chi connectivity index (χ0n) is 19.4. The SMILES string of the molecule is Cn1c(=O)n(CCCO[Si](C)(C)C(C)(C)C)c(=O)c2cc(Oc3cccc(Cl)c3)ncc21. The Morgan fingerprint density at radius 1 is 1.16 bits per heavy atom.